The third kappa shape index (κ3) is 14.9. The van der Waals surface area contributed by atoms with Crippen molar-refractivity contribution in [3.63, 3.8) is 0 Å². The molecule has 8 rings (SSSR count). The minimum Gasteiger partial charge on any atom is -0.491 e. The molecule has 78 heavy (non-hydrogen) atoms. The highest BCUT2D eigenvalue weighted by molar-refractivity contribution is 6.24. The molecule has 2 aliphatic heterocycles. The van der Waals surface area contributed by atoms with Crippen molar-refractivity contribution in [3.05, 3.63) is 136 Å². The highest BCUT2D eigenvalue weighted by Crippen LogP contribution is 2.34. The molecule has 21 nitrogen and oxygen atoms in total. The Balaban J connectivity index is 0.667. The molecule has 7 amide bonds. The number of nitrogens with one attached hydrogen (secondary N) is 4. The van der Waals surface area contributed by atoms with Crippen LogP contribution in [-0.2, 0) is 42.2 Å². The first-order chi connectivity index (χ1) is 37.9. The summed E-state index contributed by atoms with van der Waals surface area (Å²) in [7, 11) is 1.72. The molecule has 2 aromatic heterocycles. The van der Waals surface area contributed by atoms with E-state index in [9.17, 15) is 33.6 Å². The second-order valence-electron chi connectivity index (χ2n) is 18.9. The quantitative estimate of drug-likeness (QED) is 0.0407. The number of aromatic nitrogens is 2. The van der Waals surface area contributed by atoms with Gasteiger partial charge in [0.2, 0.25) is 17.4 Å². The van der Waals surface area contributed by atoms with Crippen molar-refractivity contribution >= 4 is 47.1 Å². The number of rotatable bonds is 26. The van der Waals surface area contributed by atoms with Gasteiger partial charge in [-0.3, -0.25) is 43.9 Å². The van der Waals surface area contributed by atoms with E-state index >= 15 is 0 Å². The Labute approximate surface area is 451 Å². The molecular weight excluding hydrogens is 1000 g/mol. The summed E-state index contributed by atoms with van der Waals surface area (Å²) in [5.74, 6) is -1.58. The van der Waals surface area contributed by atoms with Gasteiger partial charge in [-0.2, -0.15) is 5.26 Å². The molecule has 21 heteroatoms. The summed E-state index contributed by atoms with van der Waals surface area (Å²) >= 11 is 0. The molecule has 408 valence electrons. The smallest absolute Gasteiger partial charge is 0.322 e. The summed E-state index contributed by atoms with van der Waals surface area (Å²) in [4.78, 5) is 95.8. The van der Waals surface area contributed by atoms with Gasteiger partial charge in [0, 0.05) is 76.0 Å². The summed E-state index contributed by atoms with van der Waals surface area (Å²) in [6.45, 7) is 2.96. The lowest BCUT2D eigenvalue weighted by Crippen LogP contribution is -2.54. The van der Waals surface area contributed by atoms with Gasteiger partial charge in [-0.15, -0.1) is 0 Å². The number of unbranched alkanes of at least 4 members (excludes halogenated alkanes) is 1. The van der Waals surface area contributed by atoms with Crippen LogP contribution in [0.5, 0.6) is 11.5 Å². The van der Waals surface area contributed by atoms with Gasteiger partial charge in [-0.05, 0) is 116 Å². The standard InChI is InChI=1S/C57H63N9O12/c1-64-36-41(12-24-52(64)69)40-10-15-43(16-11-40)65(44-17-13-42(14-18-44)62-49-22-9-39(33-58)35-60-49)57(73)61-34-38-7-19-45(20-8-38)77-32-31-75-27-3-2-26-74-29-30-76-28-25-59-51(68)37-78-48-6-4-5-46-53(48)56(72)66(55(46)71)47-21-23-50(67)63-54(47)70/h4-12,15-16,19-20,22,24,35-36,42,44,47H,2-3,13-14,17-18,21,23,25-32,34,37H2,1H3,(H,59,68)(H,60,62)(H,61,73)(H,63,67,70)/t42-,44-,47?. The fourth-order valence-electron chi connectivity index (χ4n) is 9.38. The molecule has 3 aliphatic rings. The number of nitriles is 1. The molecule has 0 bridgehead atoms. The van der Waals surface area contributed by atoms with Crippen LogP contribution >= 0.6 is 0 Å². The van der Waals surface area contributed by atoms with Crippen molar-refractivity contribution in [2.75, 3.05) is 69.6 Å². The van der Waals surface area contributed by atoms with E-state index in [1.54, 1.807) is 42.2 Å². The number of benzene rings is 3. The molecule has 1 atom stereocenters. The second-order valence-corrected chi connectivity index (χ2v) is 18.9. The second kappa shape index (κ2) is 27.6. The van der Waals surface area contributed by atoms with Gasteiger partial charge in [0.25, 0.3) is 17.7 Å². The number of fused-ring (bicyclic) bond motifs is 1. The van der Waals surface area contributed by atoms with Crippen molar-refractivity contribution in [1.82, 2.24) is 30.4 Å². The zero-order valence-electron chi connectivity index (χ0n) is 43.4. The van der Waals surface area contributed by atoms with E-state index in [1.165, 1.54) is 18.2 Å². The maximum atomic E-state index is 14.1. The van der Waals surface area contributed by atoms with Crippen molar-refractivity contribution in [3.8, 4) is 28.7 Å². The van der Waals surface area contributed by atoms with Crippen LogP contribution < -0.4 is 41.2 Å². The highest BCUT2D eigenvalue weighted by Gasteiger charge is 2.46. The third-order valence-corrected chi connectivity index (χ3v) is 13.5. The van der Waals surface area contributed by atoms with Crippen molar-refractivity contribution < 1.29 is 52.5 Å². The van der Waals surface area contributed by atoms with Crippen LogP contribution in [0.1, 0.15) is 83.2 Å². The van der Waals surface area contributed by atoms with Crippen LogP contribution in [0.2, 0.25) is 0 Å². The predicted molar refractivity (Wildman–Crippen MR) is 286 cm³/mol. The van der Waals surface area contributed by atoms with Gasteiger partial charge in [0.05, 0.1) is 43.1 Å². The lowest BCUT2D eigenvalue weighted by molar-refractivity contribution is -0.136. The van der Waals surface area contributed by atoms with E-state index in [4.69, 9.17) is 28.9 Å². The molecule has 0 spiro atoms. The average molecular weight is 1070 g/mol. The number of anilines is 2. The molecule has 1 saturated carbocycles. The van der Waals surface area contributed by atoms with E-state index in [2.05, 4.69) is 32.3 Å². The number of amides is 7. The van der Waals surface area contributed by atoms with Crippen LogP contribution in [0.25, 0.3) is 11.1 Å². The highest BCUT2D eigenvalue weighted by atomic mass is 16.5. The Bertz CT molecular complexity index is 3010. The maximum Gasteiger partial charge on any atom is 0.322 e. The summed E-state index contributed by atoms with van der Waals surface area (Å²) in [5.41, 5.74) is 3.97. The van der Waals surface area contributed by atoms with Crippen LogP contribution in [0, 0.1) is 11.3 Å². The van der Waals surface area contributed by atoms with Gasteiger partial charge in [-0.25, -0.2) is 9.78 Å². The molecule has 3 aromatic carbocycles. The van der Waals surface area contributed by atoms with Gasteiger partial charge in [0.15, 0.2) is 6.61 Å². The molecule has 4 heterocycles. The Morgan fingerprint density at radius 2 is 1.47 bits per heavy atom. The first-order valence-corrected chi connectivity index (χ1v) is 26.1. The zero-order chi connectivity index (χ0) is 54.8. The Morgan fingerprint density at radius 3 is 2.17 bits per heavy atom. The lowest BCUT2D eigenvalue weighted by atomic mass is 9.89. The van der Waals surface area contributed by atoms with E-state index in [-0.39, 0.29) is 66.5 Å². The van der Waals surface area contributed by atoms with E-state index in [1.807, 2.05) is 59.5 Å². The van der Waals surface area contributed by atoms with Gasteiger partial charge >= 0.3 is 6.03 Å². The largest absolute Gasteiger partial charge is 0.491 e. The SMILES string of the molecule is Cn1cc(-c2ccc(N(C(=O)NCc3ccc(OCCOCCCCOCCOCCNC(=O)COc4cccc5c4C(=O)N(C4CCC(=O)NC4=O)C5=O)cc3)[C@H]3CC[C@H](Nc4ccc(C#N)cn4)CC3)cc2)ccc1=O. The van der Waals surface area contributed by atoms with Gasteiger partial charge < -0.3 is 44.2 Å². The number of aryl methyl sites for hydroxylation is 1. The monoisotopic (exact) mass is 1070 g/mol. The Hall–Kier alpha value is -8.45. The summed E-state index contributed by atoms with van der Waals surface area (Å²) in [6, 6.07) is 27.7. The minimum absolute atomic E-state index is 0.00258. The first-order valence-electron chi connectivity index (χ1n) is 26.1. The summed E-state index contributed by atoms with van der Waals surface area (Å²) in [6.07, 6.45) is 8.20. The molecule has 5 aromatic rings. The predicted octanol–water partition coefficient (Wildman–Crippen LogP) is 5.26. The molecule has 2 fully saturated rings. The first kappa shape index (κ1) is 55.8. The molecule has 0 radical (unpaired) electrons. The van der Waals surface area contributed by atoms with Crippen LogP contribution in [0.4, 0.5) is 16.3 Å². The van der Waals surface area contributed by atoms with E-state index in [0.29, 0.717) is 57.5 Å². The zero-order valence-corrected chi connectivity index (χ0v) is 43.4. The molecule has 1 aliphatic carbocycles. The maximum absolute atomic E-state index is 14.1. The van der Waals surface area contributed by atoms with Crippen LogP contribution in [0.15, 0.2) is 108 Å². The Kier molecular flexibility index (Phi) is 19.7. The number of ether oxygens (including phenoxy) is 5. The number of pyridine rings is 2. The molecule has 4 N–H and O–H groups in total. The van der Waals surface area contributed by atoms with Crippen LogP contribution in [0.3, 0.4) is 0 Å². The normalized spacial score (nSPS) is 16.9. The minimum atomic E-state index is -1.11. The van der Waals surface area contributed by atoms with E-state index in [0.717, 1.165) is 71.6 Å². The summed E-state index contributed by atoms with van der Waals surface area (Å²) < 4.78 is 30.0. The Morgan fingerprint density at radius 1 is 0.756 bits per heavy atom. The van der Waals surface area contributed by atoms with Crippen molar-refractivity contribution in [2.45, 2.75) is 76.0 Å². The number of nitrogens with zero attached hydrogens (tertiary/aromatic N) is 5. The number of carbonyl (C=O) groups excluding carboxylic acids is 6. The topological polar surface area (TPSA) is 262 Å². The van der Waals surface area contributed by atoms with Gasteiger partial charge in [0.1, 0.15) is 36.0 Å². The van der Waals surface area contributed by atoms with Crippen molar-refractivity contribution in [2.24, 2.45) is 7.05 Å². The number of urea groups is 1. The van der Waals surface area contributed by atoms with Crippen molar-refractivity contribution in [1.29, 1.82) is 5.26 Å². The molecular formula is C57H63N9O12. The number of piperidine rings is 1. The average Bonchev–Trinajstić information content (AvgIpc) is 3.89. The number of hydrogen-bond acceptors (Lipinski definition) is 15. The van der Waals surface area contributed by atoms with Crippen LogP contribution in [-0.4, -0.2) is 128 Å². The molecule has 1 unspecified atom stereocenters. The number of hydrogen-bond donors (Lipinski definition) is 4. The number of imide groups is 2. The lowest BCUT2D eigenvalue weighted by Gasteiger charge is -2.37. The fraction of sp³-hybridized carbons (Fsp3) is 0.386. The van der Waals surface area contributed by atoms with Gasteiger partial charge in [-0.1, -0.05) is 30.3 Å². The summed E-state index contributed by atoms with van der Waals surface area (Å²) in [5, 5.41) is 20.6. The van der Waals surface area contributed by atoms with E-state index < -0.39 is 42.2 Å². The fourth-order valence-corrected chi connectivity index (χ4v) is 9.38. The number of carbonyl (C=O) groups is 6. The third-order valence-electron chi connectivity index (χ3n) is 13.5. The molecule has 1 saturated heterocycles.